The standard InChI is InChI=1S/C11H19NO6/c1-3-4-17-11-8(12-6(2)14)10(16)9(15)7(5-13)18-11/h3,7-11,13,15-16H,1,4-5H2,2H3,(H,12,14)/t7-,8-,9-,10-,11?/m1/s1/i2D. The molecule has 0 bridgehead atoms. The third-order valence-electron chi connectivity index (χ3n) is 2.59. The summed E-state index contributed by atoms with van der Waals surface area (Å²) < 4.78 is 17.4. The molecule has 0 aromatic rings. The van der Waals surface area contributed by atoms with E-state index >= 15 is 0 Å². The van der Waals surface area contributed by atoms with Gasteiger partial charge in [-0.25, -0.2) is 0 Å². The van der Waals surface area contributed by atoms with Crippen LogP contribution in [0.25, 0.3) is 0 Å². The second-order valence-electron chi connectivity index (χ2n) is 3.92. The lowest BCUT2D eigenvalue weighted by Crippen LogP contribution is -2.64. The number of hydrogen-bond donors (Lipinski definition) is 4. The highest BCUT2D eigenvalue weighted by Crippen LogP contribution is 2.22. The van der Waals surface area contributed by atoms with Crippen LogP contribution in [0.3, 0.4) is 0 Å². The highest BCUT2D eigenvalue weighted by molar-refractivity contribution is 5.73. The van der Waals surface area contributed by atoms with Gasteiger partial charge >= 0.3 is 0 Å². The van der Waals surface area contributed by atoms with Gasteiger partial charge in [0.1, 0.15) is 24.4 Å². The lowest BCUT2D eigenvalue weighted by Gasteiger charge is -2.42. The van der Waals surface area contributed by atoms with Gasteiger partial charge in [-0.1, -0.05) is 6.08 Å². The van der Waals surface area contributed by atoms with Crippen molar-refractivity contribution < 1.29 is 31.0 Å². The van der Waals surface area contributed by atoms with Crippen molar-refractivity contribution in [1.29, 1.82) is 0 Å². The Kier molecular flexibility index (Phi) is 5.09. The molecule has 0 aromatic heterocycles. The van der Waals surface area contributed by atoms with Gasteiger partial charge in [0.05, 0.1) is 13.2 Å². The molecule has 1 amide bonds. The van der Waals surface area contributed by atoms with Crippen molar-refractivity contribution in [3.05, 3.63) is 12.7 Å². The minimum atomic E-state index is -1.36. The molecule has 1 heterocycles. The Labute approximate surface area is 106 Å². The smallest absolute Gasteiger partial charge is 0.217 e. The van der Waals surface area contributed by atoms with Crippen molar-refractivity contribution in [2.24, 2.45) is 0 Å². The summed E-state index contributed by atoms with van der Waals surface area (Å²) in [6.07, 6.45) is -3.31. The number of amides is 1. The Balaban J connectivity index is 2.79. The second kappa shape index (κ2) is 6.81. The lowest BCUT2D eigenvalue weighted by molar-refractivity contribution is -0.267. The topological polar surface area (TPSA) is 108 Å². The van der Waals surface area contributed by atoms with E-state index in [2.05, 4.69) is 11.9 Å². The zero-order valence-corrected chi connectivity index (χ0v) is 9.86. The Hall–Kier alpha value is -0.990. The molecular weight excluding hydrogens is 242 g/mol. The quantitative estimate of drug-likeness (QED) is 0.432. The van der Waals surface area contributed by atoms with Crippen LogP contribution in [0.15, 0.2) is 12.7 Å². The van der Waals surface area contributed by atoms with Crippen molar-refractivity contribution in [3.8, 4) is 0 Å². The van der Waals surface area contributed by atoms with E-state index in [0.29, 0.717) is 0 Å². The predicted molar refractivity (Wildman–Crippen MR) is 61.5 cm³/mol. The maximum Gasteiger partial charge on any atom is 0.217 e. The third kappa shape index (κ3) is 3.50. The first-order valence-corrected chi connectivity index (χ1v) is 5.48. The average molecular weight is 262 g/mol. The van der Waals surface area contributed by atoms with Crippen LogP contribution in [0.5, 0.6) is 0 Å². The van der Waals surface area contributed by atoms with Crippen LogP contribution in [0, 0.1) is 0 Å². The van der Waals surface area contributed by atoms with E-state index in [-0.39, 0.29) is 6.61 Å². The van der Waals surface area contributed by atoms with Crippen molar-refractivity contribution in [2.75, 3.05) is 13.2 Å². The molecule has 4 N–H and O–H groups in total. The summed E-state index contributed by atoms with van der Waals surface area (Å²) in [6.45, 7) is 2.56. The lowest BCUT2D eigenvalue weighted by atomic mass is 9.97. The Morgan fingerprint density at radius 3 is 2.89 bits per heavy atom. The van der Waals surface area contributed by atoms with Gasteiger partial charge in [-0.3, -0.25) is 4.79 Å². The van der Waals surface area contributed by atoms with Crippen LogP contribution >= 0.6 is 0 Å². The number of ether oxygens (including phenoxy) is 2. The van der Waals surface area contributed by atoms with Crippen LogP contribution in [0.2, 0.25) is 0 Å². The second-order valence-corrected chi connectivity index (χ2v) is 3.92. The zero-order chi connectivity index (χ0) is 14.4. The van der Waals surface area contributed by atoms with E-state index in [0.717, 1.165) is 0 Å². The van der Waals surface area contributed by atoms with Crippen molar-refractivity contribution in [2.45, 2.75) is 37.5 Å². The fraction of sp³-hybridized carbons (Fsp3) is 0.727. The highest BCUT2D eigenvalue weighted by atomic mass is 16.7. The summed E-state index contributed by atoms with van der Waals surface area (Å²) in [4.78, 5) is 11.2. The summed E-state index contributed by atoms with van der Waals surface area (Å²) in [5.41, 5.74) is 0. The van der Waals surface area contributed by atoms with Gasteiger partial charge in [0, 0.05) is 8.27 Å². The number of nitrogens with one attached hydrogen (secondary N) is 1. The highest BCUT2D eigenvalue weighted by Gasteiger charge is 2.45. The normalized spacial score (nSPS) is 36.8. The van der Waals surface area contributed by atoms with Crippen LogP contribution < -0.4 is 5.32 Å². The van der Waals surface area contributed by atoms with E-state index in [1.807, 2.05) is 0 Å². The van der Waals surface area contributed by atoms with Crippen LogP contribution in [-0.2, 0) is 14.3 Å². The molecule has 7 heteroatoms. The Morgan fingerprint density at radius 1 is 1.61 bits per heavy atom. The van der Waals surface area contributed by atoms with Gasteiger partial charge in [0.2, 0.25) is 5.91 Å². The monoisotopic (exact) mass is 262 g/mol. The molecule has 1 rings (SSSR count). The van der Waals surface area contributed by atoms with E-state index < -0.39 is 50.1 Å². The number of rotatable bonds is 5. The third-order valence-corrected chi connectivity index (χ3v) is 2.59. The molecule has 1 unspecified atom stereocenters. The summed E-state index contributed by atoms with van der Waals surface area (Å²) in [5.74, 6) is -0.630. The molecule has 104 valence electrons. The van der Waals surface area contributed by atoms with E-state index in [9.17, 15) is 15.0 Å². The van der Waals surface area contributed by atoms with Gasteiger partial charge in [-0.2, -0.15) is 0 Å². The summed E-state index contributed by atoms with van der Waals surface area (Å²) in [6, 6.07) is -1.02. The maximum absolute atomic E-state index is 11.2. The van der Waals surface area contributed by atoms with E-state index in [1.54, 1.807) is 0 Å². The maximum atomic E-state index is 11.2. The van der Waals surface area contributed by atoms with Crippen molar-refractivity contribution in [3.63, 3.8) is 0 Å². The minimum absolute atomic E-state index is 0.110. The number of carbonyl (C=O) groups is 1. The Morgan fingerprint density at radius 2 is 2.33 bits per heavy atom. The minimum Gasteiger partial charge on any atom is -0.394 e. The summed E-state index contributed by atoms with van der Waals surface area (Å²) in [7, 11) is 0. The molecule has 1 fully saturated rings. The van der Waals surface area contributed by atoms with Crippen LogP contribution in [0.4, 0.5) is 0 Å². The molecular formula is C11H19NO6. The fourth-order valence-electron chi connectivity index (χ4n) is 1.73. The van der Waals surface area contributed by atoms with E-state index in [1.165, 1.54) is 6.08 Å². The molecule has 1 aliphatic rings. The largest absolute Gasteiger partial charge is 0.394 e. The molecule has 0 aliphatic carbocycles. The molecule has 0 spiro atoms. The summed E-state index contributed by atoms with van der Waals surface area (Å²) >= 11 is 0. The Bertz CT molecular complexity index is 316. The van der Waals surface area contributed by atoms with Crippen molar-refractivity contribution in [1.82, 2.24) is 5.32 Å². The van der Waals surface area contributed by atoms with Crippen LogP contribution in [-0.4, -0.2) is 65.1 Å². The predicted octanol–water partition coefficient (Wildman–Crippen LogP) is -1.87. The van der Waals surface area contributed by atoms with Crippen molar-refractivity contribution >= 4 is 5.91 Å². The van der Waals surface area contributed by atoms with E-state index in [4.69, 9.17) is 16.0 Å². The van der Waals surface area contributed by atoms with Crippen LogP contribution in [0.1, 0.15) is 8.27 Å². The fourth-order valence-corrected chi connectivity index (χ4v) is 1.73. The first kappa shape index (κ1) is 13.4. The van der Waals surface area contributed by atoms with Gasteiger partial charge in [-0.15, -0.1) is 6.58 Å². The molecule has 0 saturated carbocycles. The SMILES string of the molecule is [2H]CC(=O)N[C@H]1C(OCC=C)O[C@H](CO)[C@@H](O)[C@@H]1O. The number of aliphatic hydroxyl groups is 3. The number of hydrogen-bond acceptors (Lipinski definition) is 6. The first-order chi connectivity index (χ1) is 9.04. The first-order valence-electron chi connectivity index (χ1n) is 6.19. The average Bonchev–Trinajstić information content (AvgIpc) is 2.42. The van der Waals surface area contributed by atoms with Gasteiger partial charge in [0.15, 0.2) is 6.29 Å². The summed E-state index contributed by atoms with van der Waals surface area (Å²) in [5, 5.41) is 31.1. The molecule has 1 aliphatic heterocycles. The molecule has 5 atom stereocenters. The molecule has 0 aromatic carbocycles. The molecule has 1 saturated heterocycles. The molecule has 0 radical (unpaired) electrons. The number of carbonyl (C=O) groups excluding carboxylic acids is 1. The van der Waals surface area contributed by atoms with Gasteiger partial charge < -0.3 is 30.1 Å². The number of aliphatic hydroxyl groups excluding tert-OH is 3. The van der Waals surface area contributed by atoms with Gasteiger partial charge in [0.25, 0.3) is 0 Å². The van der Waals surface area contributed by atoms with Gasteiger partial charge in [-0.05, 0) is 0 Å². The molecule has 18 heavy (non-hydrogen) atoms. The zero-order valence-electron chi connectivity index (χ0n) is 10.9. The molecule has 7 nitrogen and oxygen atoms in total.